The Balaban J connectivity index is 1.70. The first-order valence-electron chi connectivity index (χ1n) is 8.53. The number of nitrogens with one attached hydrogen (secondary N) is 1. The maximum atomic E-state index is 6.67. The van der Waals surface area contributed by atoms with Gasteiger partial charge in [0.1, 0.15) is 10.7 Å². The van der Waals surface area contributed by atoms with Gasteiger partial charge in [-0.1, -0.05) is 53.5 Å². The fraction of sp³-hybridized carbons (Fsp3) is 0.316. The monoisotopic (exact) mass is 407 g/mol. The number of anilines is 1. The topological polar surface area (TPSA) is 60.2 Å². The van der Waals surface area contributed by atoms with Crippen molar-refractivity contribution < 1.29 is 4.74 Å². The molecule has 0 saturated carbocycles. The maximum absolute atomic E-state index is 6.67. The van der Waals surface area contributed by atoms with E-state index in [1.54, 1.807) is 11.3 Å². The number of halogens is 2. The Morgan fingerprint density at radius 1 is 1.27 bits per heavy atom. The molecule has 7 heteroatoms. The normalized spacial score (nSPS) is 20.4. The van der Waals surface area contributed by atoms with E-state index >= 15 is 0 Å². The predicted molar refractivity (Wildman–Crippen MR) is 110 cm³/mol. The van der Waals surface area contributed by atoms with Crippen LogP contribution in [0, 0.1) is 0 Å². The van der Waals surface area contributed by atoms with E-state index in [1.807, 2.05) is 24.3 Å². The van der Waals surface area contributed by atoms with E-state index in [0.29, 0.717) is 29.9 Å². The quantitative estimate of drug-likeness (QED) is 0.594. The van der Waals surface area contributed by atoms with Crippen LogP contribution in [0.15, 0.2) is 36.4 Å². The van der Waals surface area contributed by atoms with Crippen molar-refractivity contribution in [3.05, 3.63) is 57.0 Å². The number of nitrogens with two attached hydrogens (primary N) is 1. The molecule has 1 fully saturated rings. The second kappa shape index (κ2) is 7.71. The smallest absolute Gasteiger partial charge is 0.131 e. The lowest BCUT2D eigenvalue weighted by Crippen LogP contribution is -2.36. The fourth-order valence-electron chi connectivity index (χ4n) is 3.21. The van der Waals surface area contributed by atoms with Gasteiger partial charge in [0.15, 0.2) is 0 Å². The number of nitrogens with zero attached hydrogens (tertiary/aromatic N) is 1. The average molecular weight is 408 g/mol. The molecular weight excluding hydrogens is 389 g/mol. The van der Waals surface area contributed by atoms with Crippen molar-refractivity contribution in [2.45, 2.75) is 24.9 Å². The number of fused-ring (bicyclic) bond motifs is 1. The van der Waals surface area contributed by atoms with E-state index < -0.39 is 0 Å². The summed E-state index contributed by atoms with van der Waals surface area (Å²) >= 11 is 14.5. The van der Waals surface area contributed by atoms with Crippen LogP contribution in [0.1, 0.15) is 22.8 Å². The average Bonchev–Trinajstić information content (AvgIpc) is 2.98. The first-order chi connectivity index (χ1) is 12.6. The highest BCUT2D eigenvalue weighted by atomic mass is 35.5. The van der Waals surface area contributed by atoms with Crippen LogP contribution < -0.4 is 11.1 Å². The first kappa shape index (κ1) is 18.0. The first-order valence-corrected chi connectivity index (χ1v) is 10.1. The summed E-state index contributed by atoms with van der Waals surface area (Å²) in [5, 5.41) is 4.52. The maximum Gasteiger partial charge on any atom is 0.131 e. The van der Waals surface area contributed by atoms with Gasteiger partial charge in [-0.2, -0.15) is 0 Å². The predicted octanol–water partition coefficient (Wildman–Crippen LogP) is 5.05. The summed E-state index contributed by atoms with van der Waals surface area (Å²) in [6.07, 6.45) is 0.836. The van der Waals surface area contributed by atoms with E-state index in [2.05, 4.69) is 22.4 Å². The molecule has 1 saturated heterocycles. The summed E-state index contributed by atoms with van der Waals surface area (Å²) in [4.78, 5) is 5.49. The number of thiophene rings is 1. The highest BCUT2D eigenvalue weighted by Gasteiger charge is 2.29. The van der Waals surface area contributed by atoms with Gasteiger partial charge in [-0.05, 0) is 12.0 Å². The highest BCUT2D eigenvalue weighted by molar-refractivity contribution is 7.20. The SMILES string of the molecule is N[C@@H]1CCOC[C@H]1c1sc2c(NCc3ccccc3)cc(Cl)nc2c1Cl. The third kappa shape index (κ3) is 3.55. The zero-order valence-corrected chi connectivity index (χ0v) is 16.4. The molecule has 0 spiro atoms. The summed E-state index contributed by atoms with van der Waals surface area (Å²) in [6, 6.07) is 12.1. The van der Waals surface area contributed by atoms with Crippen LogP contribution in [0.5, 0.6) is 0 Å². The Morgan fingerprint density at radius 3 is 2.85 bits per heavy atom. The minimum Gasteiger partial charge on any atom is -0.381 e. The second-order valence-corrected chi connectivity index (χ2v) is 8.24. The molecule has 0 aliphatic carbocycles. The molecule has 3 aromatic rings. The molecule has 0 bridgehead atoms. The van der Waals surface area contributed by atoms with Crippen molar-refractivity contribution in [3.8, 4) is 0 Å². The standard InChI is InChI=1S/C19H19Cl2N3OS/c20-15-8-14(23-9-11-4-2-1-3-5-11)19-17(24-15)16(21)18(26-19)12-10-25-7-6-13(12)22/h1-5,8,12-13H,6-7,9-10,22H2,(H,23,24)/t12-,13-/m1/s1. The van der Waals surface area contributed by atoms with Gasteiger partial charge in [-0.3, -0.25) is 0 Å². The lowest BCUT2D eigenvalue weighted by Gasteiger charge is -2.28. The molecule has 1 aliphatic rings. The Morgan fingerprint density at radius 2 is 2.08 bits per heavy atom. The molecule has 2 atom stereocenters. The van der Waals surface area contributed by atoms with E-state index in [0.717, 1.165) is 27.2 Å². The second-order valence-electron chi connectivity index (χ2n) is 6.42. The minimum absolute atomic E-state index is 0.0468. The lowest BCUT2D eigenvalue weighted by molar-refractivity contribution is 0.0702. The molecule has 1 aromatic carbocycles. The van der Waals surface area contributed by atoms with Gasteiger partial charge in [-0.25, -0.2) is 4.98 Å². The number of aromatic nitrogens is 1. The van der Waals surface area contributed by atoms with Crippen molar-refractivity contribution in [1.29, 1.82) is 0 Å². The van der Waals surface area contributed by atoms with Crippen molar-refractivity contribution in [1.82, 2.24) is 4.98 Å². The molecule has 1 aliphatic heterocycles. The van der Waals surface area contributed by atoms with Crippen molar-refractivity contribution >= 4 is 50.4 Å². The molecule has 4 nitrogen and oxygen atoms in total. The number of benzene rings is 1. The highest BCUT2D eigenvalue weighted by Crippen LogP contribution is 2.44. The van der Waals surface area contributed by atoms with Crippen LogP contribution in [0.25, 0.3) is 10.2 Å². The number of hydrogen-bond donors (Lipinski definition) is 2. The Labute approximate surface area is 166 Å². The van der Waals surface area contributed by atoms with Crippen molar-refractivity contribution in [2.75, 3.05) is 18.5 Å². The molecule has 3 N–H and O–H groups in total. The van der Waals surface area contributed by atoms with Crippen molar-refractivity contribution in [3.63, 3.8) is 0 Å². The largest absolute Gasteiger partial charge is 0.381 e. The molecule has 26 heavy (non-hydrogen) atoms. The summed E-state index contributed by atoms with van der Waals surface area (Å²) < 4.78 is 6.63. The van der Waals surface area contributed by atoms with E-state index in [1.165, 1.54) is 5.56 Å². The molecule has 0 unspecified atom stereocenters. The van der Waals surface area contributed by atoms with Crippen LogP contribution in [-0.2, 0) is 11.3 Å². The van der Waals surface area contributed by atoms with Crippen LogP contribution in [0.4, 0.5) is 5.69 Å². The molecule has 0 radical (unpaired) electrons. The molecular formula is C19H19Cl2N3OS. The number of pyridine rings is 1. The van der Waals surface area contributed by atoms with Crippen LogP contribution in [0.2, 0.25) is 10.2 Å². The Hall–Kier alpha value is -1.37. The van der Waals surface area contributed by atoms with E-state index in [4.69, 9.17) is 33.7 Å². The lowest BCUT2D eigenvalue weighted by atomic mass is 9.95. The Kier molecular flexibility index (Phi) is 5.34. The zero-order chi connectivity index (χ0) is 18.1. The van der Waals surface area contributed by atoms with Gasteiger partial charge in [0.25, 0.3) is 0 Å². The third-order valence-electron chi connectivity index (χ3n) is 4.65. The number of ether oxygens (including phenoxy) is 1. The van der Waals surface area contributed by atoms with E-state index in [9.17, 15) is 0 Å². The minimum atomic E-state index is 0.0468. The molecule has 0 amide bonds. The zero-order valence-electron chi connectivity index (χ0n) is 14.0. The van der Waals surface area contributed by atoms with Crippen LogP contribution >= 0.6 is 34.5 Å². The fourth-order valence-corrected chi connectivity index (χ4v) is 5.14. The van der Waals surface area contributed by atoms with Crippen LogP contribution in [-0.4, -0.2) is 24.2 Å². The molecule has 4 rings (SSSR count). The summed E-state index contributed by atoms with van der Waals surface area (Å²) in [5.41, 5.74) is 9.17. The summed E-state index contributed by atoms with van der Waals surface area (Å²) in [6.45, 7) is 2.00. The molecule has 3 heterocycles. The summed E-state index contributed by atoms with van der Waals surface area (Å²) in [5.74, 6) is 0.0937. The third-order valence-corrected chi connectivity index (χ3v) is 6.68. The molecule has 2 aromatic heterocycles. The summed E-state index contributed by atoms with van der Waals surface area (Å²) in [7, 11) is 0. The van der Waals surface area contributed by atoms with Gasteiger partial charge in [0.05, 0.1) is 22.0 Å². The van der Waals surface area contributed by atoms with Gasteiger partial charge in [0.2, 0.25) is 0 Å². The number of hydrogen-bond acceptors (Lipinski definition) is 5. The van der Waals surface area contributed by atoms with Crippen molar-refractivity contribution in [2.24, 2.45) is 5.73 Å². The van der Waals surface area contributed by atoms with Crippen LogP contribution in [0.3, 0.4) is 0 Å². The van der Waals surface area contributed by atoms with Gasteiger partial charge in [-0.15, -0.1) is 11.3 Å². The van der Waals surface area contributed by atoms with Gasteiger partial charge >= 0.3 is 0 Å². The van der Waals surface area contributed by atoms with E-state index in [-0.39, 0.29) is 12.0 Å². The molecule has 136 valence electrons. The van der Waals surface area contributed by atoms with Gasteiger partial charge < -0.3 is 15.8 Å². The number of rotatable bonds is 4. The van der Waals surface area contributed by atoms with Gasteiger partial charge in [0, 0.05) is 36.1 Å². The Bertz CT molecular complexity index is 916.